The van der Waals surface area contributed by atoms with Crippen LogP contribution in [-0.2, 0) is 0 Å². The third-order valence-corrected chi connectivity index (χ3v) is 4.59. The zero-order chi connectivity index (χ0) is 13.7. The van der Waals surface area contributed by atoms with E-state index in [1.807, 2.05) is 6.08 Å². The van der Waals surface area contributed by atoms with Gasteiger partial charge in [0.25, 0.3) is 0 Å². The van der Waals surface area contributed by atoms with Crippen LogP contribution in [0.5, 0.6) is 0 Å². The second kappa shape index (κ2) is 6.88. The quantitative estimate of drug-likeness (QED) is 0.594. The Bertz CT molecular complexity index is 481. The Balaban J connectivity index is 2.43. The Morgan fingerprint density at radius 1 is 1.26 bits per heavy atom. The van der Waals surface area contributed by atoms with Gasteiger partial charge in [0.1, 0.15) is 0 Å². The summed E-state index contributed by atoms with van der Waals surface area (Å²) in [6.45, 7) is 8.49. The Labute approximate surface area is 124 Å². The van der Waals surface area contributed by atoms with E-state index in [0.717, 1.165) is 19.5 Å². The summed E-state index contributed by atoms with van der Waals surface area (Å²) < 4.78 is 1.28. The molecule has 0 atom stereocenters. The first-order valence-electron chi connectivity index (χ1n) is 6.98. The summed E-state index contributed by atoms with van der Waals surface area (Å²) in [6, 6.07) is 10.6. The summed E-state index contributed by atoms with van der Waals surface area (Å²) in [5.74, 6) is 0. The average Bonchev–Trinajstić information content (AvgIpc) is 2.99. The van der Waals surface area contributed by atoms with Crippen molar-refractivity contribution in [3.63, 3.8) is 0 Å². The fourth-order valence-electron chi connectivity index (χ4n) is 2.55. The number of hydrogen-bond donors (Lipinski definition) is 0. The van der Waals surface area contributed by atoms with Gasteiger partial charge in [0.2, 0.25) is 0 Å². The van der Waals surface area contributed by atoms with Gasteiger partial charge in [-0.05, 0) is 0 Å². The fraction of sp³-hybridized carbons (Fsp3) is 0.353. The summed E-state index contributed by atoms with van der Waals surface area (Å²) in [7, 11) is 0. The van der Waals surface area contributed by atoms with Gasteiger partial charge in [-0.2, -0.15) is 0 Å². The number of allylic oxidation sites excluding steroid dienone is 2. The number of benzene rings is 1. The molecular weight excluding hydrogens is 297 g/mol. The van der Waals surface area contributed by atoms with Gasteiger partial charge < -0.3 is 0 Å². The normalized spacial score (nSPS) is 16.2. The van der Waals surface area contributed by atoms with Gasteiger partial charge in [-0.3, -0.25) is 0 Å². The molecule has 0 spiro atoms. The van der Waals surface area contributed by atoms with Gasteiger partial charge in [-0.15, -0.1) is 0 Å². The van der Waals surface area contributed by atoms with Crippen LogP contribution in [-0.4, -0.2) is 38.1 Å². The molecule has 2 rings (SSSR count). The number of nitrogens with zero attached hydrogens (tertiary/aromatic N) is 1. The van der Waals surface area contributed by atoms with Crippen LogP contribution in [0.1, 0.15) is 31.7 Å². The van der Waals surface area contributed by atoms with Crippen molar-refractivity contribution in [1.82, 2.24) is 4.90 Å². The molecule has 0 unspecified atom stereocenters. The van der Waals surface area contributed by atoms with Crippen LogP contribution >= 0.6 is 0 Å². The Morgan fingerprint density at radius 2 is 1.89 bits per heavy atom. The predicted octanol–water partition coefficient (Wildman–Crippen LogP) is 3.43. The number of hydrogen-bond acceptors (Lipinski definition) is 1. The first-order valence-corrected chi connectivity index (χ1v) is 7.83. The van der Waals surface area contributed by atoms with Crippen LogP contribution in [0, 0.1) is 0 Å². The molecule has 1 fully saturated rings. The van der Waals surface area contributed by atoms with E-state index in [-0.39, 0.29) is 0 Å². The Hall–Kier alpha value is -1.11. The zero-order valence-corrected chi connectivity index (χ0v) is 13.3. The maximum atomic E-state index is 3.98. The summed E-state index contributed by atoms with van der Waals surface area (Å²) >= 11 is 3.30. The van der Waals surface area contributed by atoms with Crippen LogP contribution in [0.3, 0.4) is 0 Å². The maximum absolute atomic E-state index is 3.98. The van der Waals surface area contributed by atoms with Crippen LogP contribution in [0.4, 0.5) is 0 Å². The molecule has 100 valence electrons. The number of likely N-dealkylation sites (tertiary alicyclic amines) is 1. The van der Waals surface area contributed by atoms with Crippen molar-refractivity contribution >= 4 is 25.7 Å². The van der Waals surface area contributed by atoms with E-state index in [1.54, 1.807) is 0 Å². The van der Waals surface area contributed by atoms with Gasteiger partial charge >= 0.3 is 124 Å². The van der Waals surface area contributed by atoms with E-state index in [4.69, 9.17) is 0 Å². The molecule has 1 saturated heterocycles. The molecular formula is C17H21NSe. The van der Waals surface area contributed by atoms with E-state index >= 15 is 0 Å². The summed E-state index contributed by atoms with van der Waals surface area (Å²) in [5, 5.41) is 0. The second-order valence-corrected chi connectivity index (χ2v) is 5.63. The number of rotatable bonds is 5. The minimum absolute atomic E-state index is 1.01. The third-order valence-electron chi connectivity index (χ3n) is 3.62. The van der Waals surface area contributed by atoms with Crippen LogP contribution in [0.2, 0.25) is 0 Å². The third kappa shape index (κ3) is 3.26. The van der Waals surface area contributed by atoms with Gasteiger partial charge in [0.15, 0.2) is 0 Å². The van der Waals surface area contributed by atoms with Crippen LogP contribution in [0.25, 0.3) is 5.57 Å². The molecule has 1 aromatic carbocycles. The standard InChI is InChI=1S/C17H21NSe/c1-3-14(4-2)16(15-10-6-5-7-11-15)17(19)18-12-8-9-13-18/h3,5-7,10-11H,1,4,8-9,12-13H2,2H3/b16-14+. The van der Waals surface area contributed by atoms with Crippen LogP contribution < -0.4 is 0 Å². The average molecular weight is 318 g/mol. The molecule has 19 heavy (non-hydrogen) atoms. The SMILES string of the molecule is C=C/C(CC)=C(\C(=[Se])N1CCCC1)c1ccccc1. The Morgan fingerprint density at radius 3 is 2.42 bits per heavy atom. The second-order valence-electron chi connectivity index (χ2n) is 4.82. The first kappa shape index (κ1) is 14.3. The molecule has 0 radical (unpaired) electrons. The van der Waals surface area contributed by atoms with Crippen molar-refractivity contribution < 1.29 is 0 Å². The molecule has 0 aliphatic carbocycles. The van der Waals surface area contributed by atoms with E-state index in [1.165, 1.54) is 34.1 Å². The Kier molecular flexibility index (Phi) is 5.18. The predicted molar refractivity (Wildman–Crippen MR) is 85.4 cm³/mol. The van der Waals surface area contributed by atoms with Gasteiger partial charge in [-0.25, -0.2) is 0 Å². The minimum atomic E-state index is 1.01. The molecule has 1 aliphatic rings. The molecule has 0 N–H and O–H groups in total. The van der Waals surface area contributed by atoms with Gasteiger partial charge in [0.05, 0.1) is 0 Å². The van der Waals surface area contributed by atoms with E-state index in [0.29, 0.717) is 0 Å². The molecule has 0 amide bonds. The molecule has 0 bridgehead atoms. The van der Waals surface area contributed by atoms with Crippen molar-refractivity contribution in [3.05, 3.63) is 54.1 Å². The molecule has 1 nitrogen and oxygen atoms in total. The molecule has 0 aromatic heterocycles. The van der Waals surface area contributed by atoms with E-state index in [9.17, 15) is 0 Å². The summed E-state index contributed by atoms with van der Waals surface area (Å²) in [5.41, 5.74) is 3.91. The van der Waals surface area contributed by atoms with Crippen molar-refractivity contribution in [2.24, 2.45) is 0 Å². The van der Waals surface area contributed by atoms with Crippen molar-refractivity contribution in [2.45, 2.75) is 26.2 Å². The van der Waals surface area contributed by atoms with Crippen molar-refractivity contribution in [2.75, 3.05) is 13.1 Å². The van der Waals surface area contributed by atoms with Gasteiger partial charge in [0, 0.05) is 0 Å². The first-order chi connectivity index (χ1) is 9.27. The van der Waals surface area contributed by atoms with Crippen LogP contribution in [0.15, 0.2) is 48.6 Å². The van der Waals surface area contributed by atoms with Crippen molar-refractivity contribution in [1.29, 1.82) is 0 Å². The monoisotopic (exact) mass is 319 g/mol. The van der Waals surface area contributed by atoms with E-state index < -0.39 is 0 Å². The zero-order valence-electron chi connectivity index (χ0n) is 11.6. The summed E-state index contributed by atoms with van der Waals surface area (Å²) in [6.07, 6.45) is 5.59. The summed E-state index contributed by atoms with van der Waals surface area (Å²) in [4.78, 5) is 2.46. The van der Waals surface area contributed by atoms with Gasteiger partial charge in [-0.1, -0.05) is 0 Å². The molecule has 2 heteroatoms. The van der Waals surface area contributed by atoms with E-state index in [2.05, 4.69) is 64.3 Å². The van der Waals surface area contributed by atoms with Crippen molar-refractivity contribution in [3.8, 4) is 0 Å². The molecule has 1 aliphatic heterocycles. The topological polar surface area (TPSA) is 3.24 Å². The molecule has 1 aromatic rings. The molecule has 0 saturated carbocycles. The fourth-order valence-corrected chi connectivity index (χ4v) is 3.46. The molecule has 1 heterocycles.